The van der Waals surface area contributed by atoms with Crippen LogP contribution in [-0.2, 0) is 4.74 Å². The Morgan fingerprint density at radius 1 is 1.22 bits per heavy atom. The summed E-state index contributed by atoms with van der Waals surface area (Å²) in [5.41, 5.74) is 2.44. The Morgan fingerprint density at radius 3 is 2.84 bits per heavy atom. The maximum absolute atomic E-state index is 13.3. The van der Waals surface area contributed by atoms with E-state index >= 15 is 0 Å². The van der Waals surface area contributed by atoms with Crippen LogP contribution in [0, 0.1) is 6.92 Å². The standard InChI is InChI=1S/C23H20ClF2N7O3S/c1-11-5-12(13-6-17(24)28-8-15(13)35-2)14(7-27-11)21(34)32-23-31-20-22(37-23)30-18(9-29-20)33-3-4-36-16(10-33)19(25)26/h5-9,16,19H,3-4,10H2,1-2H3,(H,29,31,32,34). The van der Waals surface area contributed by atoms with E-state index in [1.807, 2.05) is 0 Å². The lowest BCUT2D eigenvalue weighted by Crippen LogP contribution is -2.46. The molecule has 0 saturated carbocycles. The summed E-state index contributed by atoms with van der Waals surface area (Å²) in [6.45, 7) is 2.39. The van der Waals surface area contributed by atoms with Crippen LogP contribution in [0.2, 0.25) is 5.15 Å². The number of rotatable bonds is 6. The first-order valence-electron chi connectivity index (χ1n) is 11.1. The number of halogens is 3. The van der Waals surface area contributed by atoms with Crippen molar-refractivity contribution in [3.8, 4) is 16.9 Å². The number of methoxy groups -OCH3 is 1. The van der Waals surface area contributed by atoms with E-state index in [0.29, 0.717) is 45.4 Å². The molecule has 0 radical (unpaired) electrons. The zero-order chi connectivity index (χ0) is 26.1. The summed E-state index contributed by atoms with van der Waals surface area (Å²) in [6.07, 6.45) is 0.647. The molecule has 14 heteroatoms. The van der Waals surface area contributed by atoms with Gasteiger partial charge in [0, 0.05) is 29.6 Å². The lowest BCUT2D eigenvalue weighted by molar-refractivity contribution is -0.0615. The van der Waals surface area contributed by atoms with E-state index in [0.717, 1.165) is 11.3 Å². The average Bonchev–Trinajstić information content (AvgIpc) is 3.30. The molecule has 4 aromatic heterocycles. The Bertz CT molecular complexity index is 1470. The van der Waals surface area contributed by atoms with E-state index in [1.165, 1.54) is 25.7 Å². The number of aryl methyl sites for hydroxylation is 1. The molecule has 5 rings (SSSR count). The van der Waals surface area contributed by atoms with E-state index in [2.05, 4.69) is 30.2 Å². The Morgan fingerprint density at radius 2 is 2.05 bits per heavy atom. The number of alkyl halides is 2. The minimum Gasteiger partial charge on any atom is -0.494 e. The second-order valence-electron chi connectivity index (χ2n) is 8.10. The molecule has 1 amide bonds. The fourth-order valence-corrected chi connectivity index (χ4v) is 4.82. The van der Waals surface area contributed by atoms with Gasteiger partial charge < -0.3 is 14.4 Å². The number of thiazole rings is 1. The van der Waals surface area contributed by atoms with Gasteiger partial charge in [-0.3, -0.25) is 15.1 Å². The Kier molecular flexibility index (Phi) is 7.09. The first-order valence-corrected chi connectivity index (χ1v) is 12.3. The third kappa shape index (κ3) is 5.29. The fraction of sp³-hybridized carbons (Fsp3) is 0.304. The van der Waals surface area contributed by atoms with E-state index < -0.39 is 18.4 Å². The highest BCUT2D eigenvalue weighted by Crippen LogP contribution is 2.34. The summed E-state index contributed by atoms with van der Waals surface area (Å²) in [6, 6.07) is 3.37. The molecular weight excluding hydrogens is 528 g/mol. The summed E-state index contributed by atoms with van der Waals surface area (Å²) in [5, 5.41) is 3.30. The molecule has 1 fully saturated rings. The molecule has 192 valence electrons. The molecule has 1 atom stereocenters. The number of aromatic nitrogens is 5. The van der Waals surface area contributed by atoms with Gasteiger partial charge in [0.15, 0.2) is 15.6 Å². The number of carbonyl (C=O) groups is 1. The predicted molar refractivity (Wildman–Crippen MR) is 135 cm³/mol. The van der Waals surface area contributed by atoms with Crippen LogP contribution in [0.15, 0.2) is 30.7 Å². The number of pyridine rings is 2. The number of hydrogen-bond acceptors (Lipinski definition) is 10. The van der Waals surface area contributed by atoms with Crippen molar-refractivity contribution in [1.82, 2.24) is 24.9 Å². The van der Waals surface area contributed by atoms with Gasteiger partial charge in [0.2, 0.25) is 0 Å². The highest BCUT2D eigenvalue weighted by molar-refractivity contribution is 7.21. The minimum absolute atomic E-state index is 0.00589. The van der Waals surface area contributed by atoms with Gasteiger partial charge in [-0.25, -0.2) is 23.7 Å². The van der Waals surface area contributed by atoms with Crippen molar-refractivity contribution in [2.24, 2.45) is 0 Å². The zero-order valence-corrected chi connectivity index (χ0v) is 21.2. The molecule has 0 spiro atoms. The number of ether oxygens (including phenoxy) is 2. The molecule has 1 aliphatic rings. The lowest BCUT2D eigenvalue weighted by Gasteiger charge is -2.32. The number of hydrogen-bond donors (Lipinski definition) is 1. The Balaban J connectivity index is 1.42. The molecule has 37 heavy (non-hydrogen) atoms. The van der Waals surface area contributed by atoms with Crippen molar-refractivity contribution < 1.29 is 23.0 Å². The van der Waals surface area contributed by atoms with Gasteiger partial charge in [-0.05, 0) is 19.1 Å². The normalized spacial score (nSPS) is 15.8. The third-order valence-electron chi connectivity index (χ3n) is 5.66. The number of fused-ring (bicyclic) bond motifs is 1. The summed E-state index contributed by atoms with van der Waals surface area (Å²) in [4.78, 5) is 36.9. The van der Waals surface area contributed by atoms with E-state index in [9.17, 15) is 13.6 Å². The van der Waals surface area contributed by atoms with E-state index in [-0.39, 0.29) is 29.0 Å². The molecule has 0 aliphatic carbocycles. The molecule has 4 aromatic rings. The molecule has 5 heterocycles. The van der Waals surface area contributed by atoms with Gasteiger partial charge in [-0.2, -0.15) is 4.98 Å². The van der Waals surface area contributed by atoms with Crippen molar-refractivity contribution in [3.63, 3.8) is 0 Å². The second kappa shape index (κ2) is 10.4. The maximum atomic E-state index is 13.3. The van der Waals surface area contributed by atoms with E-state index in [1.54, 1.807) is 24.0 Å². The van der Waals surface area contributed by atoms with Crippen LogP contribution in [-0.4, -0.2) is 70.2 Å². The maximum Gasteiger partial charge on any atom is 0.266 e. The van der Waals surface area contributed by atoms with Crippen molar-refractivity contribution in [3.05, 3.63) is 47.1 Å². The topological polar surface area (TPSA) is 115 Å². The van der Waals surface area contributed by atoms with Crippen molar-refractivity contribution in [2.75, 3.05) is 37.0 Å². The Labute approximate surface area is 218 Å². The first-order chi connectivity index (χ1) is 17.8. The van der Waals surface area contributed by atoms with Crippen LogP contribution in [0.3, 0.4) is 0 Å². The highest BCUT2D eigenvalue weighted by Gasteiger charge is 2.29. The van der Waals surface area contributed by atoms with Gasteiger partial charge in [-0.15, -0.1) is 0 Å². The number of amides is 1. The highest BCUT2D eigenvalue weighted by atomic mass is 35.5. The van der Waals surface area contributed by atoms with Crippen LogP contribution in [0.1, 0.15) is 16.1 Å². The molecule has 1 N–H and O–H groups in total. The first kappa shape index (κ1) is 25.1. The van der Waals surface area contributed by atoms with Gasteiger partial charge in [-0.1, -0.05) is 22.9 Å². The van der Waals surface area contributed by atoms with Crippen molar-refractivity contribution >= 4 is 50.3 Å². The number of anilines is 2. The van der Waals surface area contributed by atoms with E-state index in [4.69, 9.17) is 21.1 Å². The van der Waals surface area contributed by atoms with Crippen molar-refractivity contribution in [2.45, 2.75) is 19.5 Å². The molecule has 1 saturated heterocycles. The average molecular weight is 548 g/mol. The predicted octanol–water partition coefficient (Wildman–Crippen LogP) is 4.24. The number of morpholine rings is 1. The smallest absolute Gasteiger partial charge is 0.266 e. The lowest BCUT2D eigenvalue weighted by atomic mass is 10.0. The fourth-order valence-electron chi connectivity index (χ4n) is 3.87. The largest absolute Gasteiger partial charge is 0.494 e. The molecule has 1 aliphatic heterocycles. The number of nitrogens with zero attached hydrogens (tertiary/aromatic N) is 6. The number of nitrogens with one attached hydrogen (secondary N) is 1. The molecule has 0 bridgehead atoms. The summed E-state index contributed by atoms with van der Waals surface area (Å²) in [7, 11) is 1.50. The summed E-state index contributed by atoms with van der Waals surface area (Å²) < 4.78 is 36.7. The zero-order valence-electron chi connectivity index (χ0n) is 19.6. The van der Waals surface area contributed by atoms with Crippen LogP contribution < -0.4 is 15.0 Å². The third-order valence-corrected chi connectivity index (χ3v) is 6.72. The molecule has 0 aromatic carbocycles. The van der Waals surface area contributed by atoms with Crippen LogP contribution in [0.25, 0.3) is 21.6 Å². The van der Waals surface area contributed by atoms with Gasteiger partial charge in [0.1, 0.15) is 22.8 Å². The molecule has 1 unspecified atom stereocenters. The molecular formula is C23H20ClF2N7O3S. The van der Waals surface area contributed by atoms with Crippen LogP contribution in [0.5, 0.6) is 5.75 Å². The monoisotopic (exact) mass is 547 g/mol. The SMILES string of the molecule is COc1cnc(Cl)cc1-c1cc(C)ncc1C(=O)Nc1nc2ncc(N3CCOC(C(F)F)C3)nc2s1. The van der Waals surface area contributed by atoms with Gasteiger partial charge in [0.05, 0.1) is 38.2 Å². The summed E-state index contributed by atoms with van der Waals surface area (Å²) >= 11 is 7.23. The molecule has 10 nitrogen and oxygen atoms in total. The van der Waals surface area contributed by atoms with Crippen LogP contribution in [0.4, 0.5) is 19.7 Å². The Hall–Kier alpha value is -3.55. The van der Waals surface area contributed by atoms with Gasteiger partial charge in [0.25, 0.3) is 12.3 Å². The quantitative estimate of drug-likeness (QED) is 0.354. The summed E-state index contributed by atoms with van der Waals surface area (Å²) in [5.74, 6) is 0.432. The van der Waals surface area contributed by atoms with Crippen LogP contribution >= 0.6 is 22.9 Å². The van der Waals surface area contributed by atoms with Gasteiger partial charge >= 0.3 is 0 Å². The van der Waals surface area contributed by atoms with Crippen molar-refractivity contribution in [1.29, 1.82) is 0 Å². The second-order valence-corrected chi connectivity index (χ2v) is 9.46. The minimum atomic E-state index is -2.59. The number of carbonyl (C=O) groups excluding carboxylic acids is 1.